The van der Waals surface area contributed by atoms with E-state index in [1.54, 1.807) is 36.4 Å². The number of aryl methyl sites for hydroxylation is 2. The topological polar surface area (TPSA) is 127 Å². The summed E-state index contributed by atoms with van der Waals surface area (Å²) in [5.41, 5.74) is 4.02. The summed E-state index contributed by atoms with van der Waals surface area (Å²) in [6.45, 7) is 0.602. The Hall–Kier alpha value is -4.12. The second-order valence-corrected chi connectivity index (χ2v) is 8.52. The van der Waals surface area contributed by atoms with Crippen molar-refractivity contribution in [2.75, 3.05) is 6.61 Å². The zero-order chi connectivity index (χ0) is 26.1. The highest BCUT2D eigenvalue weighted by Crippen LogP contribution is 2.25. The Kier molecular flexibility index (Phi) is 9.23. The van der Waals surface area contributed by atoms with Crippen LogP contribution in [0.4, 0.5) is 0 Å². The van der Waals surface area contributed by atoms with Crippen molar-refractivity contribution in [1.82, 2.24) is 5.32 Å². The van der Waals surface area contributed by atoms with Gasteiger partial charge in [-0.15, -0.1) is 0 Å². The highest BCUT2D eigenvalue weighted by atomic mass is 16.3. The van der Waals surface area contributed by atoms with Gasteiger partial charge >= 0.3 is 0 Å². The SMILES string of the molecule is C[C@@H](O)[C@H](NC(=O)c1ccc(C#Cc2ccc(CCCc3ccc(O)c(O)c3)cc2)cc1)C(=O)CO. The van der Waals surface area contributed by atoms with E-state index in [0.717, 1.165) is 30.4 Å². The molecule has 3 aromatic carbocycles. The first-order valence-electron chi connectivity index (χ1n) is 11.6. The number of carbonyl (C=O) groups is 2. The maximum absolute atomic E-state index is 12.4. The van der Waals surface area contributed by atoms with Crippen molar-refractivity contribution in [1.29, 1.82) is 0 Å². The number of hydrogen-bond donors (Lipinski definition) is 5. The quantitative estimate of drug-likeness (QED) is 0.233. The lowest BCUT2D eigenvalue weighted by molar-refractivity contribution is -0.125. The Morgan fingerprint density at radius 3 is 1.94 bits per heavy atom. The highest BCUT2D eigenvalue weighted by Gasteiger charge is 2.25. The maximum atomic E-state index is 12.4. The van der Waals surface area contributed by atoms with E-state index in [0.29, 0.717) is 11.1 Å². The number of ketones is 1. The fraction of sp³-hybridized carbons (Fsp3) is 0.241. The lowest BCUT2D eigenvalue weighted by atomic mass is 10.0. The number of aliphatic hydroxyl groups excluding tert-OH is 2. The van der Waals surface area contributed by atoms with Gasteiger partial charge in [-0.25, -0.2) is 0 Å². The number of phenolic OH excluding ortho intramolecular Hbond substituents is 2. The first-order chi connectivity index (χ1) is 17.3. The van der Waals surface area contributed by atoms with Gasteiger partial charge in [-0.2, -0.15) is 0 Å². The third-order valence-electron chi connectivity index (χ3n) is 5.69. The van der Waals surface area contributed by atoms with E-state index in [2.05, 4.69) is 17.2 Å². The van der Waals surface area contributed by atoms with Gasteiger partial charge in [0, 0.05) is 16.7 Å². The predicted octanol–water partition coefficient (Wildman–Crippen LogP) is 2.71. The summed E-state index contributed by atoms with van der Waals surface area (Å²) in [5, 5.41) is 40.1. The van der Waals surface area contributed by atoms with Crippen molar-refractivity contribution >= 4 is 11.7 Å². The van der Waals surface area contributed by atoms with Crippen LogP contribution in [0.5, 0.6) is 11.5 Å². The number of benzene rings is 3. The summed E-state index contributed by atoms with van der Waals surface area (Å²) in [4.78, 5) is 24.1. The van der Waals surface area contributed by atoms with Crippen molar-refractivity contribution in [3.05, 3.63) is 94.5 Å². The zero-order valence-corrected chi connectivity index (χ0v) is 19.9. The van der Waals surface area contributed by atoms with Crippen LogP contribution < -0.4 is 5.32 Å². The molecular weight excluding hydrogens is 458 g/mol. The van der Waals surface area contributed by atoms with Gasteiger partial charge in [0.1, 0.15) is 12.6 Å². The van der Waals surface area contributed by atoms with E-state index in [1.807, 2.05) is 24.3 Å². The summed E-state index contributed by atoms with van der Waals surface area (Å²) in [6.07, 6.45) is 1.44. The number of hydrogen-bond acceptors (Lipinski definition) is 6. The Balaban J connectivity index is 1.54. The average molecular weight is 488 g/mol. The number of nitrogens with one attached hydrogen (secondary N) is 1. The average Bonchev–Trinajstić information content (AvgIpc) is 2.88. The van der Waals surface area contributed by atoms with Gasteiger partial charge in [0.15, 0.2) is 17.3 Å². The molecule has 3 rings (SSSR count). The molecule has 7 heteroatoms. The molecule has 3 aromatic rings. The van der Waals surface area contributed by atoms with Gasteiger partial charge in [-0.05, 0) is 85.8 Å². The van der Waals surface area contributed by atoms with Gasteiger partial charge in [-0.3, -0.25) is 9.59 Å². The van der Waals surface area contributed by atoms with Crippen LogP contribution in [0, 0.1) is 11.8 Å². The number of aromatic hydroxyl groups is 2. The molecule has 186 valence electrons. The van der Waals surface area contributed by atoms with Crippen LogP contribution in [0.25, 0.3) is 0 Å². The Bertz CT molecular complexity index is 1250. The minimum Gasteiger partial charge on any atom is -0.504 e. The van der Waals surface area contributed by atoms with Crippen LogP contribution in [-0.2, 0) is 17.6 Å². The summed E-state index contributed by atoms with van der Waals surface area (Å²) < 4.78 is 0. The normalized spacial score (nSPS) is 12.2. The Morgan fingerprint density at radius 2 is 1.39 bits per heavy atom. The molecule has 0 aliphatic carbocycles. The van der Waals surface area contributed by atoms with Crippen molar-refractivity contribution in [2.45, 2.75) is 38.3 Å². The molecule has 0 spiro atoms. The van der Waals surface area contributed by atoms with Crippen LogP contribution in [0.1, 0.15) is 46.0 Å². The molecule has 0 fully saturated rings. The molecule has 0 unspecified atom stereocenters. The molecule has 0 saturated heterocycles. The maximum Gasteiger partial charge on any atom is 0.251 e. The van der Waals surface area contributed by atoms with E-state index >= 15 is 0 Å². The molecule has 1 amide bonds. The molecule has 36 heavy (non-hydrogen) atoms. The lowest BCUT2D eigenvalue weighted by Gasteiger charge is -2.19. The van der Waals surface area contributed by atoms with Gasteiger partial charge in [0.25, 0.3) is 5.91 Å². The van der Waals surface area contributed by atoms with Gasteiger partial charge in [-0.1, -0.05) is 30.0 Å². The number of amides is 1. The first kappa shape index (κ1) is 26.5. The molecule has 5 N–H and O–H groups in total. The highest BCUT2D eigenvalue weighted by molar-refractivity contribution is 5.98. The van der Waals surface area contributed by atoms with Crippen molar-refractivity contribution < 1.29 is 30.0 Å². The van der Waals surface area contributed by atoms with Crippen LogP contribution in [0.15, 0.2) is 66.7 Å². The van der Waals surface area contributed by atoms with Gasteiger partial charge in [0.2, 0.25) is 0 Å². The minimum atomic E-state index is -1.17. The number of carbonyl (C=O) groups excluding carboxylic acids is 2. The van der Waals surface area contributed by atoms with Gasteiger partial charge < -0.3 is 25.7 Å². The van der Waals surface area contributed by atoms with E-state index in [9.17, 15) is 24.9 Å². The number of rotatable bonds is 9. The van der Waals surface area contributed by atoms with Crippen LogP contribution in [-0.4, -0.2) is 50.9 Å². The van der Waals surface area contributed by atoms with Crippen molar-refractivity contribution in [3.8, 4) is 23.3 Å². The fourth-order valence-corrected chi connectivity index (χ4v) is 3.62. The summed E-state index contributed by atoms with van der Waals surface area (Å²) in [6, 6.07) is 18.2. The standard InChI is InChI=1S/C29H29NO6/c1-19(32)28(27(35)18-31)30-29(36)24-14-11-22(12-15-24)10-9-21-7-5-20(6-8-21)3-2-4-23-13-16-25(33)26(34)17-23/h5-8,11-17,19,28,31-34H,2-4,18H2,1H3,(H,30,36)/t19-,28+/m1/s1. The molecule has 0 aromatic heterocycles. The first-order valence-corrected chi connectivity index (χ1v) is 11.6. The van der Waals surface area contributed by atoms with E-state index in [4.69, 9.17) is 5.11 Å². The predicted molar refractivity (Wildman–Crippen MR) is 136 cm³/mol. The van der Waals surface area contributed by atoms with Crippen molar-refractivity contribution in [3.63, 3.8) is 0 Å². The fourth-order valence-electron chi connectivity index (χ4n) is 3.62. The van der Waals surface area contributed by atoms with Crippen molar-refractivity contribution in [2.24, 2.45) is 0 Å². The van der Waals surface area contributed by atoms with E-state index in [-0.39, 0.29) is 11.5 Å². The summed E-state index contributed by atoms with van der Waals surface area (Å²) >= 11 is 0. The monoisotopic (exact) mass is 487 g/mol. The molecule has 0 aliphatic heterocycles. The molecule has 0 aliphatic rings. The zero-order valence-electron chi connectivity index (χ0n) is 19.9. The Morgan fingerprint density at radius 1 is 0.833 bits per heavy atom. The Labute approximate surface area is 210 Å². The minimum absolute atomic E-state index is 0.104. The number of aliphatic hydroxyl groups is 2. The molecule has 0 radical (unpaired) electrons. The molecule has 0 saturated carbocycles. The smallest absolute Gasteiger partial charge is 0.251 e. The second-order valence-electron chi connectivity index (χ2n) is 8.52. The van der Waals surface area contributed by atoms with Gasteiger partial charge in [0.05, 0.1) is 6.10 Å². The third-order valence-corrected chi connectivity index (χ3v) is 5.69. The lowest BCUT2D eigenvalue weighted by Crippen LogP contribution is -2.48. The third kappa shape index (κ3) is 7.44. The molecule has 7 nitrogen and oxygen atoms in total. The largest absolute Gasteiger partial charge is 0.504 e. The van der Waals surface area contributed by atoms with Crippen LogP contribution in [0.2, 0.25) is 0 Å². The van der Waals surface area contributed by atoms with E-state index < -0.39 is 30.4 Å². The summed E-state index contributed by atoms with van der Waals surface area (Å²) in [7, 11) is 0. The van der Waals surface area contributed by atoms with E-state index in [1.165, 1.54) is 18.6 Å². The summed E-state index contributed by atoms with van der Waals surface area (Å²) in [5.74, 6) is 4.74. The van der Waals surface area contributed by atoms with Crippen LogP contribution >= 0.6 is 0 Å². The molecule has 0 bridgehead atoms. The number of phenols is 2. The molecular formula is C29H29NO6. The van der Waals surface area contributed by atoms with Crippen LogP contribution in [0.3, 0.4) is 0 Å². The number of Topliss-reactive ketones (excluding diaryl/α,β-unsaturated/α-hetero) is 1. The molecule has 2 atom stereocenters. The molecule has 0 heterocycles. The second kappa shape index (κ2) is 12.5.